The van der Waals surface area contributed by atoms with Crippen LogP contribution in [0.15, 0.2) is 25.3 Å². The van der Waals surface area contributed by atoms with Gasteiger partial charge in [-0.05, 0) is 0 Å². The van der Waals surface area contributed by atoms with Gasteiger partial charge in [-0.25, -0.2) is 14.4 Å². The van der Waals surface area contributed by atoms with Crippen molar-refractivity contribution in [1.82, 2.24) is 0 Å². The van der Waals surface area contributed by atoms with Gasteiger partial charge in [0, 0.05) is 25.2 Å². The molecule has 0 aromatic rings. The maximum Gasteiger partial charge on any atom is 0.404 e. The normalized spacial score (nSPS) is 11.1. The molecule has 8 heteroatoms. The molecule has 0 saturated heterocycles. The fourth-order valence-electron chi connectivity index (χ4n) is 1.25. The van der Waals surface area contributed by atoms with Crippen LogP contribution in [-0.2, 0) is 28.5 Å². The van der Waals surface area contributed by atoms with Crippen LogP contribution in [-0.4, -0.2) is 51.1 Å². The minimum absolute atomic E-state index is 0.00355. The molecule has 0 aromatic carbocycles. The predicted octanol–water partition coefficient (Wildman–Crippen LogP) is 0.563. The van der Waals surface area contributed by atoms with Gasteiger partial charge in [-0.2, -0.15) is 0 Å². The highest BCUT2D eigenvalue weighted by molar-refractivity contribution is 5.81. The van der Waals surface area contributed by atoms with E-state index in [2.05, 4.69) is 17.9 Å². The molecule has 0 aliphatic heterocycles. The fourth-order valence-corrected chi connectivity index (χ4v) is 1.25. The van der Waals surface area contributed by atoms with Gasteiger partial charge < -0.3 is 24.7 Å². The van der Waals surface area contributed by atoms with E-state index < -0.39 is 18.0 Å². The smallest absolute Gasteiger partial charge is 0.404 e. The molecule has 2 N–H and O–H groups in total. The maximum absolute atomic E-state index is 11.0. The quantitative estimate of drug-likeness (QED) is 0.242. The monoisotopic (exact) mass is 315 g/mol. The third kappa shape index (κ3) is 11.5. The van der Waals surface area contributed by atoms with E-state index in [1.54, 1.807) is 0 Å². The molecule has 124 valence electrons. The topological polar surface area (TPSA) is 114 Å². The first-order valence-electron chi connectivity index (χ1n) is 6.58. The van der Waals surface area contributed by atoms with Crippen molar-refractivity contribution in [3.8, 4) is 0 Å². The summed E-state index contributed by atoms with van der Waals surface area (Å²) in [7, 11) is 0. The van der Waals surface area contributed by atoms with E-state index in [0.717, 1.165) is 12.2 Å². The third-order valence-electron chi connectivity index (χ3n) is 2.29. The Labute approximate surface area is 128 Å². The van der Waals surface area contributed by atoms with Crippen molar-refractivity contribution in [1.29, 1.82) is 0 Å². The first-order chi connectivity index (χ1) is 10.5. The van der Waals surface area contributed by atoms with Crippen LogP contribution in [0.25, 0.3) is 0 Å². The van der Waals surface area contributed by atoms with Gasteiger partial charge in [-0.3, -0.25) is 0 Å². The van der Waals surface area contributed by atoms with Gasteiger partial charge in [0.25, 0.3) is 0 Å². The minimum Gasteiger partial charge on any atom is -0.462 e. The standard InChI is InChI=1S/C14H21NO7/c1-3-12(16)20-7-5-6-19-8-11(10-22-14(15)18)9-21-13(17)4-2/h3-4,11H,1-2,5-10H2,(H2,15,18). The Bertz CT molecular complexity index is 395. The lowest BCUT2D eigenvalue weighted by Gasteiger charge is -2.16. The van der Waals surface area contributed by atoms with Crippen LogP contribution in [0.3, 0.4) is 0 Å². The fraction of sp³-hybridized carbons (Fsp3) is 0.500. The highest BCUT2D eigenvalue weighted by Gasteiger charge is 2.13. The van der Waals surface area contributed by atoms with Crippen LogP contribution in [0, 0.1) is 5.92 Å². The van der Waals surface area contributed by atoms with Gasteiger partial charge in [0.2, 0.25) is 0 Å². The summed E-state index contributed by atoms with van der Waals surface area (Å²) in [6.45, 7) is 7.23. The molecular formula is C14H21NO7. The molecule has 0 rings (SSSR count). The molecule has 0 heterocycles. The third-order valence-corrected chi connectivity index (χ3v) is 2.29. The number of primary amides is 1. The van der Waals surface area contributed by atoms with Crippen LogP contribution in [0.1, 0.15) is 6.42 Å². The molecule has 0 aliphatic rings. The second-order valence-corrected chi connectivity index (χ2v) is 4.13. The predicted molar refractivity (Wildman–Crippen MR) is 76.8 cm³/mol. The van der Waals surface area contributed by atoms with E-state index in [4.69, 9.17) is 19.9 Å². The van der Waals surface area contributed by atoms with Crippen molar-refractivity contribution in [2.24, 2.45) is 11.7 Å². The molecule has 0 radical (unpaired) electrons. The number of nitrogens with two attached hydrogens (primary N) is 1. The summed E-state index contributed by atoms with van der Waals surface area (Å²) >= 11 is 0. The van der Waals surface area contributed by atoms with E-state index in [1.165, 1.54) is 0 Å². The van der Waals surface area contributed by atoms with Crippen molar-refractivity contribution in [2.45, 2.75) is 6.42 Å². The summed E-state index contributed by atoms with van der Waals surface area (Å²) < 4.78 is 19.6. The summed E-state index contributed by atoms with van der Waals surface area (Å²) in [5, 5.41) is 0. The Morgan fingerprint density at radius 3 is 2.09 bits per heavy atom. The van der Waals surface area contributed by atoms with Gasteiger partial charge in [-0.15, -0.1) is 0 Å². The average Bonchev–Trinajstić information content (AvgIpc) is 2.51. The lowest BCUT2D eigenvalue weighted by atomic mass is 10.2. The van der Waals surface area contributed by atoms with Crippen LogP contribution in [0.2, 0.25) is 0 Å². The van der Waals surface area contributed by atoms with E-state index in [1.807, 2.05) is 0 Å². The van der Waals surface area contributed by atoms with Crippen molar-refractivity contribution in [2.75, 3.05) is 33.0 Å². The van der Waals surface area contributed by atoms with Crippen molar-refractivity contribution >= 4 is 18.0 Å². The van der Waals surface area contributed by atoms with Gasteiger partial charge in [0.1, 0.15) is 6.61 Å². The number of hydrogen-bond acceptors (Lipinski definition) is 7. The maximum atomic E-state index is 11.0. The molecule has 0 aliphatic carbocycles. The van der Waals surface area contributed by atoms with Crippen LogP contribution >= 0.6 is 0 Å². The zero-order chi connectivity index (χ0) is 16.8. The number of esters is 2. The second-order valence-electron chi connectivity index (χ2n) is 4.13. The highest BCUT2D eigenvalue weighted by Crippen LogP contribution is 2.02. The largest absolute Gasteiger partial charge is 0.462 e. The first-order valence-corrected chi connectivity index (χ1v) is 6.58. The Kier molecular flexibility index (Phi) is 11.1. The van der Waals surface area contributed by atoms with E-state index >= 15 is 0 Å². The number of carbonyl (C=O) groups excluding carboxylic acids is 3. The molecule has 8 nitrogen and oxygen atoms in total. The van der Waals surface area contributed by atoms with Gasteiger partial charge in [-0.1, -0.05) is 13.2 Å². The molecule has 1 unspecified atom stereocenters. The first kappa shape index (κ1) is 19.7. The van der Waals surface area contributed by atoms with E-state index in [-0.39, 0.29) is 32.3 Å². The summed E-state index contributed by atoms with van der Waals surface area (Å²) in [6.07, 6.45) is 1.68. The zero-order valence-electron chi connectivity index (χ0n) is 12.3. The summed E-state index contributed by atoms with van der Waals surface area (Å²) in [4.78, 5) is 32.4. The molecular weight excluding hydrogens is 294 g/mol. The molecule has 1 amide bonds. The van der Waals surface area contributed by atoms with Gasteiger partial charge in [0.15, 0.2) is 0 Å². The molecule has 0 saturated carbocycles. The zero-order valence-corrected chi connectivity index (χ0v) is 12.3. The number of hydrogen-bond donors (Lipinski definition) is 1. The van der Waals surface area contributed by atoms with Crippen LogP contribution < -0.4 is 5.73 Å². The second kappa shape index (κ2) is 12.4. The number of amides is 1. The van der Waals surface area contributed by atoms with Crippen molar-refractivity contribution in [3.05, 3.63) is 25.3 Å². The Morgan fingerprint density at radius 1 is 0.909 bits per heavy atom. The number of rotatable bonds is 12. The molecule has 1 atom stereocenters. The Balaban J connectivity index is 3.92. The highest BCUT2D eigenvalue weighted by atomic mass is 16.6. The molecule has 22 heavy (non-hydrogen) atoms. The van der Waals surface area contributed by atoms with Gasteiger partial charge in [0.05, 0.1) is 25.7 Å². The summed E-state index contributed by atoms with van der Waals surface area (Å²) in [5.74, 6) is -1.43. The van der Waals surface area contributed by atoms with Crippen LogP contribution in [0.5, 0.6) is 0 Å². The van der Waals surface area contributed by atoms with Crippen molar-refractivity contribution < 1.29 is 33.3 Å². The molecule has 0 fully saturated rings. The lowest BCUT2D eigenvalue weighted by molar-refractivity contribution is -0.140. The molecule has 0 bridgehead atoms. The van der Waals surface area contributed by atoms with Crippen molar-refractivity contribution in [3.63, 3.8) is 0 Å². The molecule has 0 aromatic heterocycles. The Hall–Kier alpha value is -2.35. The lowest BCUT2D eigenvalue weighted by Crippen LogP contribution is -2.26. The summed E-state index contributed by atoms with van der Waals surface area (Å²) in [5.41, 5.74) is 4.88. The summed E-state index contributed by atoms with van der Waals surface area (Å²) in [6, 6.07) is 0. The SMILES string of the molecule is C=CC(=O)OCCCOCC(COC(N)=O)COC(=O)C=C. The van der Waals surface area contributed by atoms with E-state index in [9.17, 15) is 14.4 Å². The average molecular weight is 315 g/mol. The van der Waals surface area contributed by atoms with Crippen LogP contribution in [0.4, 0.5) is 4.79 Å². The number of carbonyl (C=O) groups is 3. The Morgan fingerprint density at radius 2 is 1.50 bits per heavy atom. The van der Waals surface area contributed by atoms with E-state index in [0.29, 0.717) is 13.0 Å². The van der Waals surface area contributed by atoms with Gasteiger partial charge >= 0.3 is 18.0 Å². The minimum atomic E-state index is -0.920. The molecule has 0 spiro atoms. The number of ether oxygens (including phenoxy) is 4.